The molecule has 0 bridgehead atoms. The summed E-state index contributed by atoms with van der Waals surface area (Å²) < 4.78 is 50.2. The lowest BCUT2D eigenvalue weighted by atomic mass is 10.1. The number of carbonyl (C=O) groups is 1. The number of aliphatic hydroxyl groups excluding tert-OH is 1. The fraction of sp³-hybridized carbons (Fsp3) is 0.235. The Kier molecular flexibility index (Phi) is 6.44. The molecule has 2 N–H and O–H groups in total. The Hall–Kier alpha value is -2.06. The van der Waals surface area contributed by atoms with Crippen LogP contribution in [0.4, 0.5) is 17.6 Å². The Morgan fingerprint density at radius 1 is 1.08 bits per heavy atom. The number of halogens is 4. The van der Waals surface area contributed by atoms with Crippen molar-refractivity contribution < 1.29 is 27.5 Å². The van der Waals surface area contributed by atoms with E-state index >= 15 is 0 Å². The molecule has 134 valence electrons. The average Bonchev–Trinajstić information content (AvgIpc) is 2.58. The van der Waals surface area contributed by atoms with Crippen LogP contribution in [0.1, 0.15) is 17.2 Å². The average molecular weight is 373 g/mol. The van der Waals surface area contributed by atoms with E-state index in [1.165, 1.54) is 36.0 Å². The van der Waals surface area contributed by atoms with Gasteiger partial charge in [-0.25, -0.2) is 4.39 Å². The lowest BCUT2D eigenvalue weighted by molar-refractivity contribution is -0.137. The molecular formula is C17H15F4NO2S. The topological polar surface area (TPSA) is 49.3 Å². The van der Waals surface area contributed by atoms with Crippen LogP contribution in [0.3, 0.4) is 0 Å². The quantitative estimate of drug-likeness (QED) is 0.598. The van der Waals surface area contributed by atoms with E-state index < -0.39 is 17.8 Å². The van der Waals surface area contributed by atoms with E-state index in [1.54, 1.807) is 12.1 Å². The molecule has 8 heteroatoms. The van der Waals surface area contributed by atoms with Crippen molar-refractivity contribution in [2.45, 2.75) is 17.2 Å². The van der Waals surface area contributed by atoms with Gasteiger partial charge in [0.15, 0.2) is 0 Å². The van der Waals surface area contributed by atoms with Gasteiger partial charge in [0.05, 0.1) is 17.4 Å². The van der Waals surface area contributed by atoms with Gasteiger partial charge in [0.25, 0.3) is 0 Å². The molecule has 0 spiro atoms. The molecule has 25 heavy (non-hydrogen) atoms. The number of thioether (sulfide) groups is 1. The predicted octanol–water partition coefficient (Wildman–Crippen LogP) is 3.79. The van der Waals surface area contributed by atoms with Crippen molar-refractivity contribution in [2.24, 2.45) is 0 Å². The van der Waals surface area contributed by atoms with Gasteiger partial charge in [0.2, 0.25) is 5.91 Å². The van der Waals surface area contributed by atoms with Gasteiger partial charge >= 0.3 is 6.18 Å². The summed E-state index contributed by atoms with van der Waals surface area (Å²) in [5, 5.41) is 12.4. The highest BCUT2D eigenvalue weighted by Gasteiger charge is 2.30. The van der Waals surface area contributed by atoms with Crippen LogP contribution in [0.25, 0.3) is 0 Å². The molecule has 0 saturated carbocycles. The molecule has 2 aromatic carbocycles. The lowest BCUT2D eigenvalue weighted by Crippen LogP contribution is -2.29. The first-order chi connectivity index (χ1) is 11.8. The van der Waals surface area contributed by atoms with Gasteiger partial charge in [-0.2, -0.15) is 13.2 Å². The van der Waals surface area contributed by atoms with Gasteiger partial charge < -0.3 is 10.4 Å². The normalized spacial score (nSPS) is 12.7. The number of aliphatic hydroxyl groups is 1. The molecule has 0 aromatic heterocycles. The number of rotatable bonds is 6. The molecule has 0 saturated heterocycles. The van der Waals surface area contributed by atoms with Gasteiger partial charge in [-0.05, 0) is 42.0 Å². The zero-order chi connectivity index (χ0) is 18.4. The molecule has 1 unspecified atom stereocenters. The van der Waals surface area contributed by atoms with E-state index in [-0.39, 0.29) is 29.6 Å². The number of hydrogen-bond donors (Lipinski definition) is 2. The Morgan fingerprint density at radius 3 is 2.24 bits per heavy atom. The van der Waals surface area contributed by atoms with Crippen molar-refractivity contribution in [2.75, 3.05) is 12.3 Å². The second kappa shape index (κ2) is 8.35. The smallest absolute Gasteiger partial charge is 0.387 e. The van der Waals surface area contributed by atoms with Crippen LogP contribution in [-0.4, -0.2) is 23.3 Å². The van der Waals surface area contributed by atoms with Crippen LogP contribution in [0, 0.1) is 5.82 Å². The molecule has 1 atom stereocenters. The van der Waals surface area contributed by atoms with E-state index in [4.69, 9.17) is 0 Å². The van der Waals surface area contributed by atoms with Gasteiger partial charge in [-0.1, -0.05) is 12.1 Å². The Balaban J connectivity index is 1.79. The molecule has 3 nitrogen and oxygen atoms in total. The molecule has 2 rings (SSSR count). The number of carbonyl (C=O) groups excluding carboxylic acids is 1. The first kappa shape index (κ1) is 19.3. The van der Waals surface area contributed by atoms with Crippen LogP contribution in [0.5, 0.6) is 0 Å². The highest BCUT2D eigenvalue weighted by atomic mass is 32.2. The van der Waals surface area contributed by atoms with E-state index in [9.17, 15) is 27.5 Å². The van der Waals surface area contributed by atoms with Crippen molar-refractivity contribution in [3.8, 4) is 0 Å². The summed E-state index contributed by atoms with van der Waals surface area (Å²) in [5.41, 5.74) is -0.525. The molecule has 2 aromatic rings. The number of nitrogens with one attached hydrogen (secondary N) is 1. The van der Waals surface area contributed by atoms with Crippen LogP contribution < -0.4 is 5.32 Å². The summed E-state index contributed by atoms with van der Waals surface area (Å²) in [6.45, 7) is -0.117. The van der Waals surface area contributed by atoms with Crippen molar-refractivity contribution in [1.29, 1.82) is 0 Å². The molecule has 0 aliphatic carbocycles. The van der Waals surface area contributed by atoms with Crippen molar-refractivity contribution in [1.82, 2.24) is 5.32 Å². The number of amides is 1. The van der Waals surface area contributed by atoms with Crippen LogP contribution in [0.15, 0.2) is 53.4 Å². The zero-order valence-electron chi connectivity index (χ0n) is 12.9. The molecule has 0 aliphatic rings. The van der Waals surface area contributed by atoms with E-state index in [2.05, 4.69) is 5.32 Å². The maximum atomic E-state index is 12.8. The lowest BCUT2D eigenvalue weighted by Gasteiger charge is -2.13. The van der Waals surface area contributed by atoms with E-state index in [1.807, 2.05) is 0 Å². The Labute approximate surface area is 146 Å². The van der Waals surface area contributed by atoms with Crippen molar-refractivity contribution >= 4 is 17.7 Å². The second-order valence-electron chi connectivity index (χ2n) is 5.18. The molecule has 0 fully saturated rings. The summed E-state index contributed by atoms with van der Waals surface area (Å²) in [5.74, 6) is -0.639. The minimum Gasteiger partial charge on any atom is -0.387 e. The highest BCUT2D eigenvalue weighted by molar-refractivity contribution is 8.00. The largest absolute Gasteiger partial charge is 0.416 e. The molecule has 0 heterocycles. The fourth-order valence-corrected chi connectivity index (χ4v) is 2.68. The number of hydrogen-bond acceptors (Lipinski definition) is 3. The molecule has 0 aliphatic heterocycles. The zero-order valence-corrected chi connectivity index (χ0v) is 13.7. The third-order valence-corrected chi connectivity index (χ3v) is 4.31. The summed E-state index contributed by atoms with van der Waals surface area (Å²) in [6, 6.07) is 9.77. The minimum atomic E-state index is -4.44. The summed E-state index contributed by atoms with van der Waals surface area (Å²) in [7, 11) is 0. The van der Waals surface area contributed by atoms with Crippen LogP contribution in [-0.2, 0) is 11.0 Å². The van der Waals surface area contributed by atoms with E-state index in [0.717, 1.165) is 17.0 Å². The third-order valence-electron chi connectivity index (χ3n) is 3.30. The van der Waals surface area contributed by atoms with Gasteiger partial charge in [0.1, 0.15) is 5.82 Å². The molecule has 0 radical (unpaired) electrons. The second-order valence-corrected chi connectivity index (χ2v) is 6.23. The van der Waals surface area contributed by atoms with Crippen molar-refractivity contribution in [3.05, 3.63) is 65.5 Å². The maximum absolute atomic E-state index is 12.8. The van der Waals surface area contributed by atoms with Crippen LogP contribution in [0.2, 0.25) is 0 Å². The van der Waals surface area contributed by atoms with E-state index in [0.29, 0.717) is 0 Å². The van der Waals surface area contributed by atoms with Gasteiger partial charge in [-0.3, -0.25) is 4.79 Å². The van der Waals surface area contributed by atoms with Gasteiger partial charge in [0, 0.05) is 11.4 Å². The summed E-state index contributed by atoms with van der Waals surface area (Å²) in [4.78, 5) is 12.5. The summed E-state index contributed by atoms with van der Waals surface area (Å²) >= 11 is 1.20. The SMILES string of the molecule is O=C(CSc1ccc(F)cc1)NCC(O)c1ccc(C(F)(F)F)cc1. The minimum absolute atomic E-state index is 0.0748. The highest BCUT2D eigenvalue weighted by Crippen LogP contribution is 2.29. The first-order valence-electron chi connectivity index (χ1n) is 7.26. The Bertz CT molecular complexity index is 702. The number of alkyl halides is 3. The Morgan fingerprint density at radius 2 is 1.68 bits per heavy atom. The van der Waals surface area contributed by atoms with Gasteiger partial charge in [-0.15, -0.1) is 11.8 Å². The monoisotopic (exact) mass is 373 g/mol. The van der Waals surface area contributed by atoms with Crippen LogP contribution >= 0.6 is 11.8 Å². The molecular weight excluding hydrogens is 358 g/mol. The standard InChI is InChI=1S/C17H15F4NO2S/c18-13-5-7-14(8-6-13)25-10-16(24)22-9-15(23)11-1-3-12(4-2-11)17(19,20)21/h1-8,15,23H,9-10H2,(H,22,24). The first-order valence-corrected chi connectivity index (χ1v) is 8.24. The third kappa shape index (κ3) is 6.06. The molecule has 1 amide bonds. The number of benzene rings is 2. The summed E-state index contributed by atoms with van der Waals surface area (Å²) in [6.07, 6.45) is -5.54. The fourth-order valence-electron chi connectivity index (χ4n) is 1.95. The maximum Gasteiger partial charge on any atom is 0.416 e. The predicted molar refractivity (Wildman–Crippen MR) is 86.5 cm³/mol. The van der Waals surface area contributed by atoms with Crippen molar-refractivity contribution in [3.63, 3.8) is 0 Å².